The van der Waals surface area contributed by atoms with E-state index in [1.54, 1.807) is 0 Å². The summed E-state index contributed by atoms with van der Waals surface area (Å²) in [7, 11) is 0. The van der Waals surface area contributed by atoms with E-state index in [1.807, 2.05) is 19.3 Å². The normalized spacial score (nSPS) is 12.5. The highest BCUT2D eigenvalue weighted by Crippen LogP contribution is 2.15. The van der Waals surface area contributed by atoms with Crippen molar-refractivity contribution in [3.05, 3.63) is 40.7 Å². The number of halogens is 2. The Kier molecular flexibility index (Phi) is 7.01. The smallest absolute Gasteiger partial charge is 0.256 e. The quantitative estimate of drug-likeness (QED) is 0.323. The van der Waals surface area contributed by atoms with E-state index in [1.165, 1.54) is 18.2 Å². The molecule has 0 aliphatic carbocycles. The van der Waals surface area contributed by atoms with Gasteiger partial charge in [-0.25, -0.2) is 10.2 Å². The fourth-order valence-electron chi connectivity index (χ4n) is 1.83. The van der Waals surface area contributed by atoms with Gasteiger partial charge < -0.3 is 5.32 Å². The monoisotopic (exact) mass is 327 g/mol. The molecule has 0 saturated heterocycles. The molecular formula is C15H19ClFN3O2. The van der Waals surface area contributed by atoms with E-state index in [0.717, 1.165) is 12.1 Å². The summed E-state index contributed by atoms with van der Waals surface area (Å²) in [6.45, 7) is 3.84. The molecule has 5 nitrogen and oxygen atoms in total. The second-order valence-corrected chi connectivity index (χ2v) is 5.63. The molecule has 1 aromatic carbocycles. The number of carbonyl (C=O) groups is 2. The van der Waals surface area contributed by atoms with Crippen LogP contribution < -0.4 is 16.6 Å². The second-order valence-electron chi connectivity index (χ2n) is 5.20. The Bertz CT molecular complexity index is 576. The number of benzene rings is 1. The number of nitrogens with one attached hydrogen (secondary N) is 2. The summed E-state index contributed by atoms with van der Waals surface area (Å²) in [6.07, 6.45) is 2.91. The summed E-state index contributed by atoms with van der Waals surface area (Å²) < 4.78 is 13.6. The maximum Gasteiger partial charge on any atom is 0.256 e. The first-order valence-electron chi connectivity index (χ1n) is 6.77. The molecule has 2 amide bonds. The van der Waals surface area contributed by atoms with Crippen molar-refractivity contribution < 1.29 is 14.0 Å². The van der Waals surface area contributed by atoms with Crippen LogP contribution in [0.3, 0.4) is 0 Å². The molecule has 1 rings (SSSR count). The number of rotatable bonds is 6. The number of nitrogens with two attached hydrogens (primary N) is 1. The minimum atomic E-state index is -0.739. The van der Waals surface area contributed by atoms with Gasteiger partial charge in [-0.2, -0.15) is 0 Å². The van der Waals surface area contributed by atoms with Gasteiger partial charge in [0, 0.05) is 16.7 Å². The molecule has 0 aromatic heterocycles. The van der Waals surface area contributed by atoms with Gasteiger partial charge in [0.1, 0.15) is 11.9 Å². The Morgan fingerprint density at radius 3 is 2.64 bits per heavy atom. The molecule has 0 fully saturated rings. The molecule has 0 aliphatic rings. The van der Waals surface area contributed by atoms with Crippen molar-refractivity contribution in [2.75, 3.05) is 0 Å². The van der Waals surface area contributed by atoms with Crippen molar-refractivity contribution in [1.29, 1.82) is 0 Å². The molecule has 1 aromatic rings. The lowest BCUT2D eigenvalue weighted by molar-refractivity contribution is -0.127. The Morgan fingerprint density at radius 1 is 1.41 bits per heavy atom. The van der Waals surface area contributed by atoms with Crippen molar-refractivity contribution in [1.82, 2.24) is 10.7 Å². The Labute approximate surface area is 133 Å². The van der Waals surface area contributed by atoms with Crippen molar-refractivity contribution >= 4 is 29.5 Å². The maximum atomic E-state index is 13.6. The lowest BCUT2D eigenvalue weighted by atomic mass is 10.0. The van der Waals surface area contributed by atoms with Gasteiger partial charge in [-0.15, -0.1) is 0 Å². The summed E-state index contributed by atoms with van der Waals surface area (Å²) in [5.74, 6) is 3.77. The van der Waals surface area contributed by atoms with Crippen LogP contribution in [0.15, 0.2) is 24.3 Å². The van der Waals surface area contributed by atoms with Crippen molar-refractivity contribution in [2.45, 2.75) is 26.3 Å². The van der Waals surface area contributed by atoms with E-state index < -0.39 is 23.7 Å². The molecule has 1 atom stereocenters. The van der Waals surface area contributed by atoms with Crippen LogP contribution in [0.25, 0.3) is 6.08 Å². The molecule has 7 heteroatoms. The SMILES string of the molecule is CC(C)CC(NC(=O)/C=C/c1ccc(Cl)cc1F)C(=O)NN. The topological polar surface area (TPSA) is 84.2 Å². The molecule has 22 heavy (non-hydrogen) atoms. The van der Waals surface area contributed by atoms with Crippen LogP contribution in [0, 0.1) is 11.7 Å². The molecule has 4 N–H and O–H groups in total. The van der Waals surface area contributed by atoms with Crippen LogP contribution in [0.4, 0.5) is 4.39 Å². The summed E-state index contributed by atoms with van der Waals surface area (Å²) in [6, 6.07) is 3.39. The number of hydrazine groups is 1. The predicted octanol–water partition coefficient (Wildman–Crippen LogP) is 2.01. The van der Waals surface area contributed by atoms with Crippen molar-refractivity contribution in [3.63, 3.8) is 0 Å². The number of hydrogen-bond donors (Lipinski definition) is 3. The Hall–Kier alpha value is -1.92. The zero-order chi connectivity index (χ0) is 16.7. The third-order valence-corrected chi connectivity index (χ3v) is 3.09. The minimum Gasteiger partial charge on any atom is -0.341 e. The third-order valence-electron chi connectivity index (χ3n) is 2.86. The molecule has 1 unspecified atom stereocenters. The Morgan fingerprint density at radius 2 is 2.09 bits per heavy atom. The fourth-order valence-corrected chi connectivity index (χ4v) is 1.98. The fraction of sp³-hybridized carbons (Fsp3) is 0.333. The molecule has 0 aliphatic heterocycles. The molecule has 0 bridgehead atoms. The highest BCUT2D eigenvalue weighted by Gasteiger charge is 2.20. The van der Waals surface area contributed by atoms with E-state index in [9.17, 15) is 14.0 Å². The first-order chi connectivity index (χ1) is 10.3. The first kappa shape index (κ1) is 18.1. The zero-order valence-corrected chi connectivity index (χ0v) is 13.2. The molecule has 0 radical (unpaired) electrons. The maximum absolute atomic E-state index is 13.6. The molecule has 120 valence electrons. The summed E-state index contributed by atoms with van der Waals surface area (Å²) in [5.41, 5.74) is 2.24. The van der Waals surface area contributed by atoms with E-state index >= 15 is 0 Å². The van der Waals surface area contributed by atoms with Crippen molar-refractivity contribution in [2.24, 2.45) is 11.8 Å². The van der Waals surface area contributed by atoms with Crippen LogP contribution in [-0.2, 0) is 9.59 Å². The van der Waals surface area contributed by atoms with Crippen molar-refractivity contribution in [3.8, 4) is 0 Å². The highest BCUT2D eigenvalue weighted by atomic mass is 35.5. The average Bonchev–Trinajstić information content (AvgIpc) is 2.44. The standard InChI is InChI=1S/C15H19ClFN3O2/c1-9(2)7-13(15(22)20-18)19-14(21)6-4-10-3-5-11(16)8-12(10)17/h3-6,8-9,13H,7,18H2,1-2H3,(H,19,21)(H,20,22)/b6-4+. The van der Waals surface area contributed by atoms with Gasteiger partial charge in [0.05, 0.1) is 0 Å². The second kappa shape index (κ2) is 8.51. The zero-order valence-electron chi connectivity index (χ0n) is 12.4. The van der Waals surface area contributed by atoms with Gasteiger partial charge in [0.25, 0.3) is 5.91 Å². The van der Waals surface area contributed by atoms with Crippen LogP contribution in [0.5, 0.6) is 0 Å². The van der Waals surface area contributed by atoms with Gasteiger partial charge in [0.2, 0.25) is 5.91 Å². The van der Waals surface area contributed by atoms with E-state index in [-0.39, 0.29) is 16.5 Å². The molecule has 0 heterocycles. The van der Waals surface area contributed by atoms with Crippen LogP contribution >= 0.6 is 11.6 Å². The molecular weight excluding hydrogens is 309 g/mol. The average molecular weight is 328 g/mol. The molecule has 0 saturated carbocycles. The van der Waals surface area contributed by atoms with Gasteiger partial charge in [-0.3, -0.25) is 15.0 Å². The Balaban J connectivity index is 2.74. The highest BCUT2D eigenvalue weighted by molar-refractivity contribution is 6.30. The van der Waals surface area contributed by atoms with E-state index in [0.29, 0.717) is 6.42 Å². The summed E-state index contributed by atoms with van der Waals surface area (Å²) in [4.78, 5) is 23.4. The van der Waals surface area contributed by atoms with Gasteiger partial charge in [0.15, 0.2) is 0 Å². The number of carbonyl (C=O) groups excluding carboxylic acids is 2. The van der Waals surface area contributed by atoms with Gasteiger partial charge in [-0.05, 0) is 30.5 Å². The summed E-state index contributed by atoms with van der Waals surface area (Å²) >= 11 is 5.65. The van der Waals surface area contributed by atoms with Crippen LogP contribution in [-0.4, -0.2) is 17.9 Å². The molecule has 0 spiro atoms. The lowest BCUT2D eigenvalue weighted by Gasteiger charge is -2.17. The minimum absolute atomic E-state index is 0.195. The van der Waals surface area contributed by atoms with Crippen LogP contribution in [0.1, 0.15) is 25.8 Å². The third kappa shape index (κ3) is 5.83. The first-order valence-corrected chi connectivity index (χ1v) is 7.15. The van der Waals surface area contributed by atoms with E-state index in [2.05, 4.69) is 5.32 Å². The number of hydrogen-bond acceptors (Lipinski definition) is 3. The van der Waals surface area contributed by atoms with Gasteiger partial charge in [-0.1, -0.05) is 31.5 Å². The lowest BCUT2D eigenvalue weighted by Crippen LogP contribution is -2.49. The van der Waals surface area contributed by atoms with Crippen LogP contribution in [0.2, 0.25) is 5.02 Å². The largest absolute Gasteiger partial charge is 0.341 e. The predicted molar refractivity (Wildman–Crippen MR) is 84.2 cm³/mol. The number of amides is 2. The summed E-state index contributed by atoms with van der Waals surface area (Å²) in [5, 5.41) is 2.81. The van der Waals surface area contributed by atoms with Gasteiger partial charge >= 0.3 is 0 Å². The van der Waals surface area contributed by atoms with E-state index in [4.69, 9.17) is 17.4 Å².